The van der Waals surface area contributed by atoms with E-state index in [0.717, 1.165) is 18.5 Å². The van der Waals surface area contributed by atoms with Gasteiger partial charge < -0.3 is 20.5 Å². The zero-order valence-corrected chi connectivity index (χ0v) is 16.6. The van der Waals surface area contributed by atoms with Crippen molar-refractivity contribution in [3.8, 4) is 11.5 Å². The molecule has 138 valence electrons. The lowest BCUT2D eigenvalue weighted by Crippen LogP contribution is -2.32. The molecule has 0 aromatic heterocycles. The Morgan fingerprint density at radius 2 is 2.00 bits per heavy atom. The van der Waals surface area contributed by atoms with Crippen LogP contribution in [0, 0.1) is 5.92 Å². The lowest BCUT2D eigenvalue weighted by molar-refractivity contribution is -0.0514. The molecule has 0 radical (unpaired) electrons. The van der Waals surface area contributed by atoms with E-state index in [2.05, 4.69) is 28.9 Å². The van der Waals surface area contributed by atoms with Gasteiger partial charge in [0, 0.05) is 6.54 Å². The Balaban J connectivity index is 0.00000529. The molecule has 0 spiro atoms. The summed E-state index contributed by atoms with van der Waals surface area (Å²) in [6.45, 7) is 4.59. The number of alkyl halides is 2. The fourth-order valence-corrected chi connectivity index (χ4v) is 1.83. The highest BCUT2D eigenvalue weighted by atomic mass is 127. The summed E-state index contributed by atoms with van der Waals surface area (Å²) in [6.07, 6.45) is 1.00. The van der Waals surface area contributed by atoms with E-state index in [0.29, 0.717) is 25.0 Å². The zero-order chi connectivity index (χ0) is 17.2. The first-order valence-electron chi connectivity index (χ1n) is 7.66. The van der Waals surface area contributed by atoms with Crippen molar-refractivity contribution in [2.45, 2.75) is 40.3 Å². The maximum absolute atomic E-state index is 12.3. The molecule has 0 bridgehead atoms. The Labute approximate surface area is 159 Å². The molecular formula is C16H26F2IN3O2. The zero-order valence-electron chi connectivity index (χ0n) is 14.2. The van der Waals surface area contributed by atoms with E-state index in [1.807, 2.05) is 0 Å². The summed E-state index contributed by atoms with van der Waals surface area (Å²) in [5.41, 5.74) is 6.58. The van der Waals surface area contributed by atoms with Crippen LogP contribution in [0.1, 0.15) is 32.8 Å². The quantitative estimate of drug-likeness (QED) is 0.337. The lowest BCUT2D eigenvalue weighted by Gasteiger charge is -2.12. The second-order valence-corrected chi connectivity index (χ2v) is 5.40. The van der Waals surface area contributed by atoms with Gasteiger partial charge in [0.05, 0.1) is 13.2 Å². The predicted octanol–water partition coefficient (Wildman–Crippen LogP) is 3.76. The van der Waals surface area contributed by atoms with Crippen LogP contribution in [0.3, 0.4) is 0 Å². The second-order valence-electron chi connectivity index (χ2n) is 5.40. The average Bonchev–Trinajstić information content (AvgIpc) is 2.47. The van der Waals surface area contributed by atoms with E-state index < -0.39 is 6.61 Å². The fraction of sp³-hybridized carbons (Fsp3) is 0.562. The Morgan fingerprint density at radius 1 is 1.29 bits per heavy atom. The van der Waals surface area contributed by atoms with E-state index in [1.165, 1.54) is 6.07 Å². The molecule has 1 aromatic rings. The van der Waals surface area contributed by atoms with Crippen LogP contribution >= 0.6 is 24.0 Å². The van der Waals surface area contributed by atoms with Crippen molar-refractivity contribution in [2.75, 3.05) is 13.2 Å². The van der Waals surface area contributed by atoms with Crippen LogP contribution in [-0.2, 0) is 6.54 Å². The largest absolute Gasteiger partial charge is 0.490 e. The van der Waals surface area contributed by atoms with Crippen molar-refractivity contribution in [3.05, 3.63) is 23.8 Å². The van der Waals surface area contributed by atoms with Crippen LogP contribution < -0.4 is 20.5 Å². The number of aliphatic imine (C=N–C) groups is 1. The smallest absolute Gasteiger partial charge is 0.387 e. The van der Waals surface area contributed by atoms with Gasteiger partial charge in [0.25, 0.3) is 0 Å². The molecule has 8 heteroatoms. The summed E-state index contributed by atoms with van der Waals surface area (Å²) >= 11 is 0. The predicted molar refractivity (Wildman–Crippen MR) is 102 cm³/mol. The van der Waals surface area contributed by atoms with Crippen LogP contribution in [0.15, 0.2) is 23.2 Å². The molecule has 0 saturated carbocycles. The Hall–Kier alpha value is -1.32. The number of nitrogens with zero attached hydrogens (tertiary/aromatic N) is 1. The molecule has 0 aliphatic carbocycles. The first kappa shape index (κ1) is 22.7. The van der Waals surface area contributed by atoms with Crippen molar-refractivity contribution in [2.24, 2.45) is 16.6 Å². The number of ether oxygens (including phenoxy) is 2. The number of hydrogen-bond donors (Lipinski definition) is 2. The van der Waals surface area contributed by atoms with Gasteiger partial charge in [-0.15, -0.1) is 24.0 Å². The highest BCUT2D eigenvalue weighted by Gasteiger charge is 2.11. The van der Waals surface area contributed by atoms with Crippen LogP contribution in [0.2, 0.25) is 0 Å². The minimum atomic E-state index is -2.89. The van der Waals surface area contributed by atoms with Crippen molar-refractivity contribution in [1.29, 1.82) is 0 Å². The SMILES string of the molecule is CCOc1cc(CN=C(N)NCCC(C)C)ccc1OC(F)F.I. The molecular weight excluding hydrogens is 431 g/mol. The number of nitrogens with two attached hydrogens (primary N) is 1. The highest BCUT2D eigenvalue weighted by molar-refractivity contribution is 14.0. The molecule has 0 amide bonds. The molecule has 0 aliphatic heterocycles. The first-order chi connectivity index (χ1) is 10.9. The van der Waals surface area contributed by atoms with Gasteiger partial charge in [-0.3, -0.25) is 0 Å². The van der Waals surface area contributed by atoms with E-state index in [1.54, 1.807) is 19.1 Å². The van der Waals surface area contributed by atoms with Gasteiger partial charge in [0.15, 0.2) is 17.5 Å². The molecule has 0 fully saturated rings. The summed E-state index contributed by atoms with van der Waals surface area (Å²) in [5, 5.41) is 3.03. The number of nitrogens with one attached hydrogen (secondary N) is 1. The molecule has 1 rings (SSSR count). The third-order valence-electron chi connectivity index (χ3n) is 2.98. The maximum Gasteiger partial charge on any atom is 0.387 e. The summed E-state index contributed by atoms with van der Waals surface area (Å²) in [7, 11) is 0. The molecule has 3 N–H and O–H groups in total. The minimum absolute atomic E-state index is 0. The molecule has 0 atom stereocenters. The molecule has 0 aliphatic rings. The number of guanidine groups is 1. The van der Waals surface area contributed by atoms with Crippen LogP contribution in [0.4, 0.5) is 8.78 Å². The van der Waals surface area contributed by atoms with E-state index in [-0.39, 0.29) is 35.5 Å². The van der Waals surface area contributed by atoms with Gasteiger partial charge in [-0.2, -0.15) is 8.78 Å². The normalized spacial score (nSPS) is 11.4. The summed E-state index contributed by atoms with van der Waals surface area (Å²) in [6, 6.07) is 4.74. The second kappa shape index (κ2) is 12.1. The van der Waals surface area contributed by atoms with Crippen molar-refractivity contribution in [1.82, 2.24) is 5.32 Å². The van der Waals surface area contributed by atoms with Crippen molar-refractivity contribution >= 4 is 29.9 Å². The summed E-state index contributed by atoms with van der Waals surface area (Å²) in [4.78, 5) is 4.22. The Morgan fingerprint density at radius 3 is 2.58 bits per heavy atom. The minimum Gasteiger partial charge on any atom is -0.490 e. The Kier molecular flexibility index (Phi) is 11.4. The standard InChI is InChI=1S/C16H25F2N3O2.HI/c1-4-22-14-9-12(5-6-13(14)23-15(17)18)10-21-16(19)20-8-7-11(2)3;/h5-6,9,11,15H,4,7-8,10H2,1-3H3,(H3,19,20,21);1H. The molecule has 5 nitrogen and oxygen atoms in total. The van der Waals surface area contributed by atoms with Gasteiger partial charge in [-0.05, 0) is 37.0 Å². The van der Waals surface area contributed by atoms with Gasteiger partial charge in [-0.1, -0.05) is 19.9 Å². The van der Waals surface area contributed by atoms with Crippen LogP contribution in [-0.4, -0.2) is 25.7 Å². The van der Waals surface area contributed by atoms with Gasteiger partial charge in [0.2, 0.25) is 0 Å². The topological polar surface area (TPSA) is 68.9 Å². The van der Waals surface area contributed by atoms with E-state index >= 15 is 0 Å². The van der Waals surface area contributed by atoms with Gasteiger partial charge in [0.1, 0.15) is 0 Å². The Bertz CT molecular complexity index is 514. The monoisotopic (exact) mass is 457 g/mol. The van der Waals surface area contributed by atoms with Gasteiger partial charge in [-0.25, -0.2) is 4.99 Å². The summed E-state index contributed by atoms with van der Waals surface area (Å²) in [5.74, 6) is 1.23. The van der Waals surface area contributed by atoms with E-state index in [9.17, 15) is 8.78 Å². The molecule has 24 heavy (non-hydrogen) atoms. The summed E-state index contributed by atoms with van der Waals surface area (Å²) < 4.78 is 34.4. The lowest BCUT2D eigenvalue weighted by atomic mass is 10.1. The van der Waals surface area contributed by atoms with Crippen molar-refractivity contribution in [3.63, 3.8) is 0 Å². The van der Waals surface area contributed by atoms with Crippen LogP contribution in [0.25, 0.3) is 0 Å². The number of benzene rings is 1. The van der Waals surface area contributed by atoms with E-state index in [4.69, 9.17) is 10.5 Å². The average molecular weight is 457 g/mol. The van der Waals surface area contributed by atoms with Crippen LogP contribution in [0.5, 0.6) is 11.5 Å². The molecule has 0 unspecified atom stereocenters. The molecule has 1 aromatic carbocycles. The third kappa shape index (κ3) is 9.09. The van der Waals surface area contributed by atoms with Crippen molar-refractivity contribution < 1.29 is 18.3 Å². The number of halogens is 3. The van der Waals surface area contributed by atoms with Gasteiger partial charge >= 0.3 is 6.61 Å². The first-order valence-corrected chi connectivity index (χ1v) is 7.66. The third-order valence-corrected chi connectivity index (χ3v) is 2.98. The fourth-order valence-electron chi connectivity index (χ4n) is 1.83. The number of hydrogen-bond acceptors (Lipinski definition) is 3. The maximum atomic E-state index is 12.3. The molecule has 0 heterocycles. The highest BCUT2D eigenvalue weighted by Crippen LogP contribution is 2.30. The number of rotatable bonds is 9. The molecule has 0 saturated heterocycles.